The van der Waals surface area contributed by atoms with Gasteiger partial charge in [0, 0.05) is 5.02 Å². The maximum Gasteiger partial charge on any atom is 0.315 e. The molecule has 0 spiro atoms. The number of hydrogen-bond acceptors (Lipinski definition) is 1. The Morgan fingerprint density at radius 1 is 1.05 bits per heavy atom. The van der Waals surface area contributed by atoms with Crippen molar-refractivity contribution in [3.63, 3.8) is 0 Å². The van der Waals surface area contributed by atoms with Crippen molar-refractivity contribution in [1.29, 1.82) is 0 Å². The smallest absolute Gasteiger partial charge is 0.315 e. The monoisotopic (exact) mass is 316 g/mol. The standard InChI is InChI=1S/C18H21ClN2O/c1-13(15-11-7-8-12-16(15)19)20-17(22)21-18(2,3)14-9-5-4-6-10-14/h4-13H,1-3H3,(H2,20,21,22). The number of carbonyl (C=O) groups excluding carboxylic acids is 1. The maximum absolute atomic E-state index is 12.3. The number of benzene rings is 2. The molecule has 0 fully saturated rings. The third-order valence-corrected chi connectivity index (χ3v) is 3.99. The molecule has 0 aliphatic heterocycles. The second kappa shape index (κ2) is 6.84. The van der Waals surface area contributed by atoms with Gasteiger partial charge in [-0.2, -0.15) is 0 Å². The number of nitrogens with one attached hydrogen (secondary N) is 2. The Kier molecular flexibility index (Phi) is 5.09. The van der Waals surface area contributed by atoms with Gasteiger partial charge >= 0.3 is 6.03 Å². The average Bonchev–Trinajstić information content (AvgIpc) is 2.47. The van der Waals surface area contributed by atoms with Crippen LogP contribution in [0.25, 0.3) is 0 Å². The predicted molar refractivity (Wildman–Crippen MR) is 91.0 cm³/mol. The maximum atomic E-state index is 12.3. The lowest BCUT2D eigenvalue weighted by atomic mass is 9.94. The van der Waals surface area contributed by atoms with Gasteiger partial charge in [-0.3, -0.25) is 0 Å². The summed E-state index contributed by atoms with van der Waals surface area (Å²) in [6.45, 7) is 5.86. The summed E-state index contributed by atoms with van der Waals surface area (Å²) in [5.41, 5.74) is 1.50. The molecule has 3 nitrogen and oxygen atoms in total. The van der Waals surface area contributed by atoms with Crippen LogP contribution in [0.5, 0.6) is 0 Å². The van der Waals surface area contributed by atoms with E-state index in [1.54, 1.807) is 0 Å². The van der Waals surface area contributed by atoms with Crippen LogP contribution in [-0.2, 0) is 5.54 Å². The normalized spacial score (nSPS) is 12.5. The summed E-state index contributed by atoms with van der Waals surface area (Å²) in [6.07, 6.45) is 0. The highest BCUT2D eigenvalue weighted by atomic mass is 35.5. The summed E-state index contributed by atoms with van der Waals surface area (Å²) in [7, 11) is 0. The molecular formula is C18H21ClN2O. The highest BCUT2D eigenvalue weighted by Crippen LogP contribution is 2.23. The Morgan fingerprint density at radius 2 is 1.64 bits per heavy atom. The first-order valence-corrected chi connectivity index (χ1v) is 7.66. The minimum Gasteiger partial charge on any atom is -0.332 e. The zero-order valence-electron chi connectivity index (χ0n) is 13.1. The fraction of sp³-hybridized carbons (Fsp3) is 0.278. The summed E-state index contributed by atoms with van der Waals surface area (Å²) < 4.78 is 0. The molecule has 2 amide bonds. The second-order valence-corrected chi connectivity index (χ2v) is 6.24. The van der Waals surface area contributed by atoms with Crippen LogP contribution in [0.2, 0.25) is 5.02 Å². The molecule has 0 heterocycles. The molecule has 0 saturated carbocycles. The van der Waals surface area contributed by atoms with Gasteiger partial charge in [-0.05, 0) is 38.0 Å². The SMILES string of the molecule is CC(NC(=O)NC(C)(C)c1ccccc1)c1ccccc1Cl. The fourth-order valence-corrected chi connectivity index (χ4v) is 2.65. The second-order valence-electron chi connectivity index (χ2n) is 5.83. The Labute approximate surface area is 136 Å². The molecule has 0 aromatic heterocycles. The van der Waals surface area contributed by atoms with Gasteiger partial charge in [0.1, 0.15) is 0 Å². The van der Waals surface area contributed by atoms with Crippen molar-refractivity contribution in [2.75, 3.05) is 0 Å². The van der Waals surface area contributed by atoms with Crippen LogP contribution in [-0.4, -0.2) is 6.03 Å². The van der Waals surface area contributed by atoms with E-state index in [0.29, 0.717) is 5.02 Å². The van der Waals surface area contributed by atoms with E-state index in [4.69, 9.17) is 11.6 Å². The molecule has 2 aromatic rings. The van der Waals surface area contributed by atoms with E-state index in [0.717, 1.165) is 11.1 Å². The Bertz CT molecular complexity index is 641. The van der Waals surface area contributed by atoms with Crippen LogP contribution in [0.15, 0.2) is 54.6 Å². The van der Waals surface area contributed by atoms with Crippen LogP contribution < -0.4 is 10.6 Å². The van der Waals surface area contributed by atoms with Crippen LogP contribution >= 0.6 is 11.6 Å². The van der Waals surface area contributed by atoms with E-state index >= 15 is 0 Å². The van der Waals surface area contributed by atoms with Gasteiger partial charge < -0.3 is 10.6 Å². The lowest BCUT2D eigenvalue weighted by molar-refractivity contribution is 0.227. The lowest BCUT2D eigenvalue weighted by Gasteiger charge is -2.28. The first-order valence-electron chi connectivity index (χ1n) is 7.29. The summed E-state index contributed by atoms with van der Waals surface area (Å²) in [5.74, 6) is 0. The largest absolute Gasteiger partial charge is 0.332 e. The molecule has 2 rings (SSSR count). The number of rotatable bonds is 4. The van der Waals surface area contributed by atoms with Gasteiger partial charge in [0.15, 0.2) is 0 Å². The van der Waals surface area contributed by atoms with Gasteiger partial charge in [0.2, 0.25) is 0 Å². The van der Waals surface area contributed by atoms with Crippen molar-refractivity contribution in [2.45, 2.75) is 32.4 Å². The van der Waals surface area contributed by atoms with Crippen molar-refractivity contribution in [3.05, 3.63) is 70.7 Å². The van der Waals surface area contributed by atoms with Gasteiger partial charge in [-0.1, -0.05) is 60.1 Å². The van der Waals surface area contributed by atoms with Crippen LogP contribution in [0.4, 0.5) is 4.79 Å². The fourth-order valence-electron chi connectivity index (χ4n) is 2.35. The highest BCUT2D eigenvalue weighted by molar-refractivity contribution is 6.31. The summed E-state index contributed by atoms with van der Waals surface area (Å²) in [6, 6.07) is 17.0. The molecule has 0 aliphatic rings. The molecule has 0 radical (unpaired) electrons. The average molecular weight is 317 g/mol. The molecule has 1 atom stereocenters. The summed E-state index contributed by atoms with van der Waals surface area (Å²) in [4.78, 5) is 12.3. The molecule has 116 valence electrons. The van der Waals surface area contributed by atoms with Crippen molar-refractivity contribution in [3.8, 4) is 0 Å². The van der Waals surface area contributed by atoms with Crippen molar-refractivity contribution in [1.82, 2.24) is 10.6 Å². The Hall–Kier alpha value is -2.00. The first kappa shape index (κ1) is 16.4. The molecule has 0 aliphatic carbocycles. The zero-order chi connectivity index (χ0) is 16.2. The molecule has 22 heavy (non-hydrogen) atoms. The van der Waals surface area contributed by atoms with Crippen molar-refractivity contribution >= 4 is 17.6 Å². The minimum absolute atomic E-state index is 0.166. The molecule has 0 saturated heterocycles. The molecule has 0 bridgehead atoms. The summed E-state index contributed by atoms with van der Waals surface area (Å²) >= 11 is 6.16. The van der Waals surface area contributed by atoms with E-state index in [2.05, 4.69) is 10.6 Å². The van der Waals surface area contributed by atoms with E-state index in [-0.39, 0.29) is 12.1 Å². The first-order chi connectivity index (χ1) is 10.4. The van der Waals surface area contributed by atoms with Crippen LogP contribution in [0.1, 0.15) is 37.9 Å². The third kappa shape index (κ3) is 4.01. The van der Waals surface area contributed by atoms with Crippen LogP contribution in [0.3, 0.4) is 0 Å². The minimum atomic E-state index is -0.453. The molecule has 4 heteroatoms. The molecule has 2 aromatic carbocycles. The van der Waals surface area contributed by atoms with Crippen LogP contribution in [0, 0.1) is 0 Å². The topological polar surface area (TPSA) is 41.1 Å². The van der Waals surface area contributed by atoms with E-state index in [9.17, 15) is 4.79 Å². The predicted octanol–water partition coefficient (Wildman–Crippen LogP) is 4.64. The Morgan fingerprint density at radius 3 is 2.27 bits per heavy atom. The lowest BCUT2D eigenvalue weighted by Crippen LogP contribution is -2.47. The van der Waals surface area contributed by atoms with Gasteiger partial charge in [0.05, 0.1) is 11.6 Å². The third-order valence-electron chi connectivity index (χ3n) is 3.64. The van der Waals surface area contributed by atoms with Gasteiger partial charge in [-0.15, -0.1) is 0 Å². The Balaban J connectivity index is 2.03. The number of urea groups is 1. The quantitative estimate of drug-likeness (QED) is 0.848. The molecule has 1 unspecified atom stereocenters. The van der Waals surface area contributed by atoms with Crippen molar-refractivity contribution in [2.24, 2.45) is 0 Å². The molecular weight excluding hydrogens is 296 g/mol. The molecule has 2 N–H and O–H groups in total. The zero-order valence-corrected chi connectivity index (χ0v) is 13.8. The van der Waals surface area contributed by atoms with E-state index in [1.807, 2.05) is 75.4 Å². The summed E-state index contributed by atoms with van der Waals surface area (Å²) in [5, 5.41) is 6.58. The number of carbonyl (C=O) groups is 1. The number of hydrogen-bond donors (Lipinski definition) is 2. The van der Waals surface area contributed by atoms with Gasteiger partial charge in [0.25, 0.3) is 0 Å². The van der Waals surface area contributed by atoms with Crippen molar-refractivity contribution < 1.29 is 4.79 Å². The highest BCUT2D eigenvalue weighted by Gasteiger charge is 2.23. The number of halogens is 1. The van der Waals surface area contributed by atoms with E-state index in [1.165, 1.54) is 0 Å². The number of amides is 2. The van der Waals surface area contributed by atoms with E-state index < -0.39 is 5.54 Å². The van der Waals surface area contributed by atoms with Gasteiger partial charge in [-0.25, -0.2) is 4.79 Å².